The van der Waals surface area contributed by atoms with E-state index in [0.717, 1.165) is 19.5 Å². The standard InChI is InChI=1S/C3H10N3PS/c4-7(8)5-2-1-3-6-7/h1-3H2,(H4,4,5,6,8). The van der Waals surface area contributed by atoms with Crippen molar-refractivity contribution in [2.75, 3.05) is 13.1 Å². The van der Waals surface area contributed by atoms with Gasteiger partial charge in [0.05, 0.1) is 0 Å². The van der Waals surface area contributed by atoms with Crippen molar-refractivity contribution in [2.45, 2.75) is 6.42 Å². The van der Waals surface area contributed by atoms with Crippen LogP contribution in [0.4, 0.5) is 0 Å². The van der Waals surface area contributed by atoms with E-state index in [1.165, 1.54) is 0 Å². The minimum atomic E-state index is -1.75. The highest BCUT2D eigenvalue weighted by atomic mass is 32.4. The molecule has 0 aromatic heterocycles. The first-order chi connectivity index (χ1) is 3.71. The minimum absolute atomic E-state index is 0.973. The van der Waals surface area contributed by atoms with Crippen LogP contribution in [0.1, 0.15) is 6.42 Å². The van der Waals surface area contributed by atoms with E-state index in [1.54, 1.807) is 0 Å². The highest BCUT2D eigenvalue weighted by Crippen LogP contribution is 2.26. The van der Waals surface area contributed by atoms with Crippen LogP contribution in [0.2, 0.25) is 0 Å². The van der Waals surface area contributed by atoms with Crippen molar-refractivity contribution in [2.24, 2.45) is 5.50 Å². The molecule has 8 heavy (non-hydrogen) atoms. The molecule has 0 unspecified atom stereocenters. The lowest BCUT2D eigenvalue weighted by molar-refractivity contribution is 0.718. The Labute approximate surface area is 54.2 Å². The highest BCUT2D eigenvalue weighted by molar-refractivity contribution is 8.11. The van der Waals surface area contributed by atoms with Gasteiger partial charge in [-0.25, -0.2) is 0 Å². The van der Waals surface area contributed by atoms with E-state index in [9.17, 15) is 0 Å². The lowest BCUT2D eigenvalue weighted by Gasteiger charge is -2.24. The fourth-order valence-electron chi connectivity index (χ4n) is 0.635. The predicted molar refractivity (Wildman–Crippen MR) is 39.1 cm³/mol. The molecule has 1 rings (SSSR count). The van der Waals surface area contributed by atoms with Crippen LogP contribution < -0.4 is 15.7 Å². The second kappa shape index (κ2) is 2.42. The second-order valence-electron chi connectivity index (χ2n) is 1.83. The van der Waals surface area contributed by atoms with Crippen molar-refractivity contribution in [3.8, 4) is 0 Å². The molecule has 0 bridgehead atoms. The van der Waals surface area contributed by atoms with Crippen LogP contribution in [0.5, 0.6) is 0 Å². The van der Waals surface area contributed by atoms with Gasteiger partial charge in [0.15, 0.2) is 0 Å². The van der Waals surface area contributed by atoms with Crippen LogP contribution in [0.15, 0.2) is 0 Å². The molecule has 0 aliphatic carbocycles. The van der Waals surface area contributed by atoms with Crippen LogP contribution in [-0.2, 0) is 11.8 Å². The van der Waals surface area contributed by atoms with Gasteiger partial charge in [0.25, 0.3) is 0 Å². The molecule has 0 aromatic carbocycles. The van der Waals surface area contributed by atoms with Crippen molar-refractivity contribution >= 4 is 18.3 Å². The number of hydrogen-bond acceptors (Lipinski definition) is 1. The Hall–Kier alpha value is 0.530. The lowest BCUT2D eigenvalue weighted by Crippen LogP contribution is -2.35. The SMILES string of the molecule is NP1(=S)NCCCN1. The Morgan fingerprint density at radius 3 is 2.12 bits per heavy atom. The van der Waals surface area contributed by atoms with E-state index < -0.39 is 6.49 Å². The molecule has 1 saturated heterocycles. The van der Waals surface area contributed by atoms with E-state index in [0.29, 0.717) is 0 Å². The summed E-state index contributed by atoms with van der Waals surface area (Å²) >= 11 is 4.96. The predicted octanol–water partition coefficient (Wildman–Crippen LogP) is -0.247. The number of nitrogens with two attached hydrogens (primary N) is 1. The van der Waals surface area contributed by atoms with Crippen LogP contribution in [-0.4, -0.2) is 13.1 Å². The van der Waals surface area contributed by atoms with Gasteiger partial charge in [-0.15, -0.1) is 0 Å². The maximum absolute atomic E-state index is 5.58. The quantitative estimate of drug-likeness (QED) is 0.418. The number of nitrogens with one attached hydrogen (secondary N) is 2. The average Bonchev–Trinajstić information content (AvgIpc) is 1.65. The third-order valence-corrected chi connectivity index (χ3v) is 3.21. The molecule has 48 valence electrons. The summed E-state index contributed by atoms with van der Waals surface area (Å²) in [6, 6.07) is 0. The summed E-state index contributed by atoms with van der Waals surface area (Å²) in [5.74, 6) is 0. The summed E-state index contributed by atoms with van der Waals surface area (Å²) < 4.78 is 0. The van der Waals surface area contributed by atoms with E-state index in [-0.39, 0.29) is 0 Å². The molecular weight excluding hydrogens is 141 g/mol. The van der Waals surface area contributed by atoms with Gasteiger partial charge >= 0.3 is 0 Å². The summed E-state index contributed by atoms with van der Waals surface area (Å²) in [4.78, 5) is 0. The van der Waals surface area contributed by atoms with Gasteiger partial charge < -0.3 is 0 Å². The van der Waals surface area contributed by atoms with E-state index >= 15 is 0 Å². The fraction of sp³-hybridized carbons (Fsp3) is 1.00. The van der Waals surface area contributed by atoms with E-state index in [1.807, 2.05) is 0 Å². The molecule has 0 aromatic rings. The molecule has 5 heteroatoms. The molecular formula is C3H10N3PS. The third-order valence-electron chi connectivity index (χ3n) is 1.05. The van der Waals surface area contributed by atoms with E-state index in [2.05, 4.69) is 10.2 Å². The second-order valence-corrected chi connectivity index (χ2v) is 5.50. The average molecular weight is 151 g/mol. The van der Waals surface area contributed by atoms with Crippen molar-refractivity contribution in [3.63, 3.8) is 0 Å². The smallest absolute Gasteiger partial charge is 0.135 e. The van der Waals surface area contributed by atoms with E-state index in [4.69, 9.17) is 17.3 Å². The normalized spacial score (nSPS) is 27.6. The molecule has 0 spiro atoms. The van der Waals surface area contributed by atoms with Gasteiger partial charge in [0, 0.05) is 13.1 Å². The maximum atomic E-state index is 5.58. The van der Waals surface area contributed by atoms with Gasteiger partial charge in [0.2, 0.25) is 0 Å². The van der Waals surface area contributed by atoms with Crippen molar-refractivity contribution in [3.05, 3.63) is 0 Å². The number of rotatable bonds is 0. The Morgan fingerprint density at radius 1 is 1.38 bits per heavy atom. The molecule has 1 fully saturated rings. The molecule has 1 aliphatic heterocycles. The zero-order valence-electron chi connectivity index (χ0n) is 4.55. The Morgan fingerprint density at radius 2 is 1.88 bits per heavy atom. The molecule has 0 atom stereocenters. The summed E-state index contributed by atoms with van der Waals surface area (Å²) in [5.41, 5.74) is 5.58. The van der Waals surface area contributed by atoms with Crippen molar-refractivity contribution < 1.29 is 0 Å². The zero-order valence-corrected chi connectivity index (χ0v) is 6.27. The molecule has 0 amide bonds. The maximum Gasteiger partial charge on any atom is 0.135 e. The van der Waals surface area contributed by atoms with Crippen molar-refractivity contribution in [1.29, 1.82) is 0 Å². The molecule has 1 heterocycles. The fourth-order valence-corrected chi connectivity index (χ4v) is 2.27. The summed E-state index contributed by atoms with van der Waals surface area (Å²) in [5, 5.41) is 6.10. The first-order valence-electron chi connectivity index (χ1n) is 2.60. The number of hydrogen-bond donors (Lipinski definition) is 3. The van der Waals surface area contributed by atoms with Gasteiger partial charge in [0.1, 0.15) is 6.49 Å². The zero-order chi connectivity index (χ0) is 6.04. The summed E-state index contributed by atoms with van der Waals surface area (Å²) in [6.07, 6.45) is 1.13. The summed E-state index contributed by atoms with van der Waals surface area (Å²) in [6.45, 7) is 0.193. The first kappa shape index (κ1) is 6.65. The lowest BCUT2D eigenvalue weighted by atomic mass is 10.4. The minimum Gasteiger partial charge on any atom is -0.279 e. The van der Waals surface area contributed by atoms with Crippen LogP contribution in [0.3, 0.4) is 0 Å². The van der Waals surface area contributed by atoms with Gasteiger partial charge in [-0.3, -0.25) is 15.7 Å². The van der Waals surface area contributed by atoms with Gasteiger partial charge in [-0.1, -0.05) is 0 Å². The van der Waals surface area contributed by atoms with Gasteiger partial charge in [-0.05, 0) is 18.2 Å². The Bertz CT molecular complexity index is 116. The van der Waals surface area contributed by atoms with Crippen molar-refractivity contribution in [1.82, 2.24) is 10.2 Å². The Balaban J connectivity index is 2.45. The molecule has 1 aliphatic rings. The van der Waals surface area contributed by atoms with Crippen LogP contribution in [0.25, 0.3) is 0 Å². The monoisotopic (exact) mass is 151 g/mol. The largest absolute Gasteiger partial charge is 0.279 e. The molecule has 3 nitrogen and oxygen atoms in total. The van der Waals surface area contributed by atoms with Crippen LogP contribution in [0, 0.1) is 0 Å². The molecule has 0 radical (unpaired) electrons. The van der Waals surface area contributed by atoms with Crippen LogP contribution >= 0.6 is 6.49 Å². The third kappa shape index (κ3) is 1.80. The molecule has 0 saturated carbocycles. The summed E-state index contributed by atoms with van der Waals surface area (Å²) in [7, 11) is 0. The van der Waals surface area contributed by atoms with Gasteiger partial charge in [-0.2, -0.15) is 0 Å². The Kier molecular flexibility index (Phi) is 2.01. The highest BCUT2D eigenvalue weighted by Gasteiger charge is 2.11. The molecule has 4 N–H and O–H groups in total. The topological polar surface area (TPSA) is 50.1 Å². The first-order valence-corrected chi connectivity index (χ1v) is 5.47.